The Morgan fingerprint density at radius 3 is 2.79 bits per heavy atom. The molecule has 0 amide bonds. The zero-order valence-electron chi connectivity index (χ0n) is 10.3. The van der Waals surface area contributed by atoms with Crippen LogP contribution in [0.4, 0.5) is 0 Å². The molecule has 0 fully saturated rings. The molecule has 19 heavy (non-hydrogen) atoms. The molecule has 0 N–H and O–H groups in total. The molecule has 2 aromatic rings. The Balaban J connectivity index is 2.91. The van der Waals surface area contributed by atoms with Gasteiger partial charge in [0.1, 0.15) is 0 Å². The van der Waals surface area contributed by atoms with E-state index in [0.717, 1.165) is 0 Å². The molecule has 8 heteroatoms. The molecule has 2 heterocycles. The maximum absolute atomic E-state index is 12.0. The SMILES string of the molecule is CCS(=O)(=O)c1nc2c(Br)cccn2c1C(=O)OC. The van der Waals surface area contributed by atoms with Crippen LogP contribution >= 0.6 is 15.9 Å². The predicted molar refractivity (Wildman–Crippen MR) is 72.0 cm³/mol. The number of nitrogens with zero attached hydrogens (tertiary/aromatic N) is 2. The van der Waals surface area contributed by atoms with Gasteiger partial charge in [0.2, 0.25) is 0 Å². The molecule has 0 spiro atoms. The number of pyridine rings is 1. The zero-order chi connectivity index (χ0) is 14.2. The minimum atomic E-state index is -3.62. The van der Waals surface area contributed by atoms with E-state index < -0.39 is 15.8 Å². The Hall–Kier alpha value is -1.41. The lowest BCUT2D eigenvalue weighted by Crippen LogP contribution is -2.13. The van der Waals surface area contributed by atoms with Crippen LogP contribution in [0.1, 0.15) is 17.4 Å². The minimum absolute atomic E-state index is 0.0827. The number of rotatable bonds is 3. The molecule has 102 valence electrons. The molecular weight excluding hydrogens is 336 g/mol. The number of carbonyl (C=O) groups is 1. The summed E-state index contributed by atoms with van der Waals surface area (Å²) in [6.07, 6.45) is 1.56. The number of methoxy groups -OCH3 is 1. The van der Waals surface area contributed by atoms with Crippen molar-refractivity contribution in [1.29, 1.82) is 0 Å². The summed E-state index contributed by atoms with van der Waals surface area (Å²) in [6, 6.07) is 3.39. The smallest absolute Gasteiger partial charge is 0.358 e. The van der Waals surface area contributed by atoms with Gasteiger partial charge in [-0.1, -0.05) is 6.92 Å². The highest BCUT2D eigenvalue weighted by molar-refractivity contribution is 9.10. The van der Waals surface area contributed by atoms with Gasteiger partial charge in [0.05, 0.1) is 17.3 Å². The van der Waals surface area contributed by atoms with Gasteiger partial charge in [-0.05, 0) is 28.1 Å². The Morgan fingerprint density at radius 1 is 1.53 bits per heavy atom. The second-order valence-electron chi connectivity index (χ2n) is 3.71. The normalized spacial score (nSPS) is 11.7. The molecule has 0 saturated heterocycles. The molecule has 0 saturated carbocycles. The molecule has 0 bridgehead atoms. The average Bonchev–Trinajstić information content (AvgIpc) is 2.79. The van der Waals surface area contributed by atoms with E-state index in [4.69, 9.17) is 0 Å². The highest BCUT2D eigenvalue weighted by Crippen LogP contribution is 2.24. The molecule has 0 radical (unpaired) electrons. The molecular formula is C11H11BrN2O4S. The van der Waals surface area contributed by atoms with Crippen LogP contribution in [-0.2, 0) is 14.6 Å². The second kappa shape index (κ2) is 4.93. The third-order valence-corrected chi connectivity index (χ3v) is 4.88. The van der Waals surface area contributed by atoms with Gasteiger partial charge >= 0.3 is 5.97 Å². The lowest BCUT2D eigenvalue weighted by molar-refractivity contribution is 0.0588. The molecule has 2 rings (SSSR count). The lowest BCUT2D eigenvalue weighted by atomic mass is 10.4. The summed E-state index contributed by atoms with van der Waals surface area (Å²) in [6.45, 7) is 1.50. The number of ether oxygens (including phenoxy) is 1. The summed E-state index contributed by atoms with van der Waals surface area (Å²) >= 11 is 3.27. The maximum Gasteiger partial charge on any atom is 0.358 e. The maximum atomic E-state index is 12.0. The quantitative estimate of drug-likeness (QED) is 0.790. The van der Waals surface area contributed by atoms with Crippen molar-refractivity contribution < 1.29 is 17.9 Å². The van der Waals surface area contributed by atoms with Crippen LogP contribution in [0.25, 0.3) is 5.65 Å². The first-order valence-corrected chi connectivity index (χ1v) is 7.84. The number of aromatic nitrogens is 2. The van der Waals surface area contributed by atoms with E-state index in [1.807, 2.05) is 0 Å². The number of fused-ring (bicyclic) bond motifs is 1. The molecule has 0 atom stereocenters. The monoisotopic (exact) mass is 346 g/mol. The van der Waals surface area contributed by atoms with E-state index in [1.165, 1.54) is 18.4 Å². The van der Waals surface area contributed by atoms with Gasteiger partial charge in [-0.25, -0.2) is 18.2 Å². The average molecular weight is 347 g/mol. The van der Waals surface area contributed by atoms with E-state index in [9.17, 15) is 13.2 Å². The van der Waals surface area contributed by atoms with Crippen LogP contribution in [0.3, 0.4) is 0 Å². The largest absolute Gasteiger partial charge is 0.464 e. The van der Waals surface area contributed by atoms with Crippen LogP contribution in [0.15, 0.2) is 27.8 Å². The molecule has 0 aliphatic carbocycles. The third-order valence-electron chi connectivity index (χ3n) is 2.62. The molecule has 0 aliphatic rings. The van der Waals surface area contributed by atoms with E-state index >= 15 is 0 Å². The first-order valence-electron chi connectivity index (χ1n) is 5.40. The first kappa shape index (κ1) is 14.0. The van der Waals surface area contributed by atoms with Gasteiger partial charge in [-0.15, -0.1) is 0 Å². The molecule has 0 aliphatic heterocycles. The van der Waals surface area contributed by atoms with Gasteiger partial charge in [0.15, 0.2) is 26.2 Å². The van der Waals surface area contributed by atoms with E-state index in [-0.39, 0.29) is 16.5 Å². The van der Waals surface area contributed by atoms with E-state index in [1.54, 1.807) is 18.3 Å². The van der Waals surface area contributed by atoms with Gasteiger partial charge in [-0.3, -0.25) is 4.40 Å². The van der Waals surface area contributed by atoms with Gasteiger partial charge in [0, 0.05) is 6.20 Å². The Morgan fingerprint density at radius 2 is 2.21 bits per heavy atom. The third kappa shape index (κ3) is 2.25. The van der Waals surface area contributed by atoms with E-state index in [2.05, 4.69) is 25.7 Å². The van der Waals surface area contributed by atoms with Crippen molar-refractivity contribution in [2.24, 2.45) is 0 Å². The lowest BCUT2D eigenvalue weighted by Gasteiger charge is -2.02. The van der Waals surface area contributed by atoms with Crippen molar-refractivity contribution in [2.45, 2.75) is 11.9 Å². The molecule has 2 aromatic heterocycles. The van der Waals surface area contributed by atoms with Crippen molar-refractivity contribution in [1.82, 2.24) is 9.38 Å². The molecule has 0 aromatic carbocycles. The number of esters is 1. The summed E-state index contributed by atoms with van der Waals surface area (Å²) in [5.74, 6) is -0.879. The number of sulfone groups is 1. The van der Waals surface area contributed by atoms with Crippen LogP contribution in [-0.4, -0.2) is 36.6 Å². The fourth-order valence-electron chi connectivity index (χ4n) is 1.65. The van der Waals surface area contributed by atoms with Crippen molar-refractivity contribution in [3.05, 3.63) is 28.5 Å². The van der Waals surface area contributed by atoms with Crippen LogP contribution in [0, 0.1) is 0 Å². The molecule has 6 nitrogen and oxygen atoms in total. The van der Waals surface area contributed by atoms with Gasteiger partial charge in [-0.2, -0.15) is 0 Å². The predicted octanol–water partition coefficient (Wildman–Crippen LogP) is 1.68. The van der Waals surface area contributed by atoms with Gasteiger partial charge in [0.25, 0.3) is 0 Å². The zero-order valence-corrected chi connectivity index (χ0v) is 12.7. The summed E-state index contributed by atoms with van der Waals surface area (Å²) in [5.41, 5.74) is 0.274. The van der Waals surface area contributed by atoms with Gasteiger partial charge < -0.3 is 4.74 Å². The topological polar surface area (TPSA) is 77.7 Å². The summed E-state index contributed by atoms with van der Waals surface area (Å²) in [5, 5.41) is -0.256. The fourth-order valence-corrected chi connectivity index (χ4v) is 3.06. The number of hydrogen-bond acceptors (Lipinski definition) is 5. The fraction of sp³-hybridized carbons (Fsp3) is 0.273. The Bertz CT molecular complexity index is 751. The molecule has 0 unspecified atom stereocenters. The summed E-state index contributed by atoms with van der Waals surface area (Å²) in [4.78, 5) is 15.9. The Labute approximate surface area is 118 Å². The van der Waals surface area contributed by atoms with Crippen molar-refractivity contribution >= 4 is 37.4 Å². The summed E-state index contributed by atoms with van der Waals surface area (Å²) < 4.78 is 30.7. The number of halogens is 1. The highest BCUT2D eigenvalue weighted by atomic mass is 79.9. The number of hydrogen-bond donors (Lipinski definition) is 0. The van der Waals surface area contributed by atoms with Crippen LogP contribution in [0.5, 0.6) is 0 Å². The Kier molecular flexibility index (Phi) is 3.64. The van der Waals surface area contributed by atoms with Crippen molar-refractivity contribution in [3.63, 3.8) is 0 Å². The standard InChI is InChI=1S/C11H11BrN2O4S/c1-3-19(16,17)10-8(11(15)18-2)14-6-4-5-7(12)9(14)13-10/h4-6H,3H2,1-2H3. The van der Waals surface area contributed by atoms with Crippen molar-refractivity contribution in [2.75, 3.05) is 12.9 Å². The van der Waals surface area contributed by atoms with Crippen LogP contribution in [0.2, 0.25) is 0 Å². The number of carbonyl (C=O) groups excluding carboxylic acids is 1. The second-order valence-corrected chi connectivity index (χ2v) is 6.76. The minimum Gasteiger partial charge on any atom is -0.464 e. The van der Waals surface area contributed by atoms with E-state index in [0.29, 0.717) is 10.1 Å². The number of imidazole rings is 1. The van der Waals surface area contributed by atoms with Crippen LogP contribution < -0.4 is 0 Å². The highest BCUT2D eigenvalue weighted by Gasteiger charge is 2.28. The summed E-state index contributed by atoms with van der Waals surface area (Å²) in [7, 11) is -2.42. The first-order chi connectivity index (χ1) is 8.92. The van der Waals surface area contributed by atoms with Crippen molar-refractivity contribution in [3.8, 4) is 0 Å².